The molecule has 0 bridgehead atoms. The van der Waals surface area contributed by atoms with Crippen LogP contribution in [0.1, 0.15) is 56.4 Å². The molecule has 5 nitrogen and oxygen atoms in total. The van der Waals surface area contributed by atoms with Gasteiger partial charge in [-0.2, -0.15) is 4.37 Å². The molecule has 1 amide bonds. The summed E-state index contributed by atoms with van der Waals surface area (Å²) in [5.41, 5.74) is 1.34. The molecule has 0 spiro atoms. The van der Waals surface area contributed by atoms with Crippen molar-refractivity contribution in [2.24, 2.45) is 0 Å². The lowest BCUT2D eigenvalue weighted by Gasteiger charge is -2.30. The fraction of sp³-hybridized carbons (Fsp3) is 0.600. The number of piperidine rings is 1. The van der Waals surface area contributed by atoms with Crippen LogP contribution in [0.25, 0.3) is 0 Å². The van der Waals surface area contributed by atoms with E-state index in [1.165, 1.54) is 40.0 Å². The van der Waals surface area contributed by atoms with Crippen molar-refractivity contribution in [2.45, 2.75) is 44.9 Å². The third-order valence-corrected chi connectivity index (χ3v) is 6.57. The zero-order valence-electron chi connectivity index (χ0n) is 12.5. The Kier molecular flexibility index (Phi) is 3.69. The summed E-state index contributed by atoms with van der Waals surface area (Å²) in [5, 5.41) is 1.81. The number of likely N-dealkylation sites (tertiary alicyclic amines) is 1. The maximum Gasteiger partial charge on any atom is 0.284 e. The molecular weight excluding hydrogens is 316 g/mol. The molecule has 0 radical (unpaired) electrons. The van der Waals surface area contributed by atoms with E-state index >= 15 is 0 Å². The highest BCUT2D eigenvalue weighted by Gasteiger charge is 2.29. The Bertz CT molecular complexity index is 679. The molecule has 1 aliphatic heterocycles. The summed E-state index contributed by atoms with van der Waals surface area (Å²) in [6.07, 6.45) is 5.65. The maximum absolute atomic E-state index is 12.4. The van der Waals surface area contributed by atoms with Gasteiger partial charge in [-0.1, -0.05) is 0 Å². The molecule has 0 atom stereocenters. The highest BCUT2D eigenvalue weighted by Crippen LogP contribution is 2.36. The lowest BCUT2D eigenvalue weighted by Crippen LogP contribution is -2.37. The third-order valence-electron chi connectivity index (χ3n) is 4.45. The Hall–Kier alpha value is -1.34. The number of hydrogen-bond acceptors (Lipinski definition) is 6. The average molecular weight is 334 g/mol. The van der Waals surface area contributed by atoms with Gasteiger partial charge in [0.15, 0.2) is 0 Å². The summed E-state index contributed by atoms with van der Waals surface area (Å²) >= 11 is 3.10. The van der Waals surface area contributed by atoms with Crippen LogP contribution < -0.4 is 0 Å². The van der Waals surface area contributed by atoms with Crippen molar-refractivity contribution in [1.29, 1.82) is 0 Å². The van der Waals surface area contributed by atoms with Crippen molar-refractivity contribution in [3.8, 4) is 0 Å². The van der Waals surface area contributed by atoms with Gasteiger partial charge in [0.2, 0.25) is 5.01 Å². The van der Waals surface area contributed by atoms with Crippen LogP contribution in [0, 0.1) is 6.92 Å². The minimum absolute atomic E-state index is 0.0330. The molecule has 1 fully saturated rings. The van der Waals surface area contributed by atoms with Crippen LogP contribution in [-0.4, -0.2) is 38.2 Å². The number of carbonyl (C=O) groups is 1. The molecule has 0 N–H and O–H groups in total. The monoisotopic (exact) mass is 334 g/mol. The van der Waals surface area contributed by atoms with E-state index in [-0.39, 0.29) is 5.91 Å². The third kappa shape index (κ3) is 2.56. The van der Waals surface area contributed by atoms with Gasteiger partial charge in [-0.05, 0) is 50.6 Å². The quantitative estimate of drug-likeness (QED) is 0.847. The summed E-state index contributed by atoms with van der Waals surface area (Å²) < 4.78 is 4.10. The Morgan fingerprint density at radius 1 is 1.23 bits per heavy atom. The smallest absolute Gasteiger partial charge is 0.284 e. The number of carbonyl (C=O) groups excluding carboxylic acids is 1. The fourth-order valence-electron chi connectivity index (χ4n) is 3.23. The van der Waals surface area contributed by atoms with Crippen molar-refractivity contribution in [3.05, 3.63) is 26.4 Å². The highest BCUT2D eigenvalue weighted by molar-refractivity contribution is 7.11. The normalized spacial score (nSPS) is 18.7. The predicted octanol–water partition coefficient (Wildman–Crippen LogP) is 2.81. The highest BCUT2D eigenvalue weighted by atomic mass is 32.1. The molecule has 1 saturated heterocycles. The summed E-state index contributed by atoms with van der Waals surface area (Å²) in [6.45, 7) is 3.42. The molecule has 7 heteroatoms. The van der Waals surface area contributed by atoms with Gasteiger partial charge < -0.3 is 4.90 Å². The van der Waals surface area contributed by atoms with E-state index in [4.69, 9.17) is 4.98 Å². The van der Waals surface area contributed by atoms with Gasteiger partial charge in [0, 0.05) is 23.9 Å². The van der Waals surface area contributed by atoms with Crippen molar-refractivity contribution in [1.82, 2.24) is 19.2 Å². The fourth-order valence-corrected chi connectivity index (χ4v) is 5.20. The van der Waals surface area contributed by atoms with E-state index in [1.807, 2.05) is 23.2 Å². The van der Waals surface area contributed by atoms with Crippen molar-refractivity contribution in [3.63, 3.8) is 0 Å². The van der Waals surface area contributed by atoms with E-state index < -0.39 is 0 Å². The summed E-state index contributed by atoms with van der Waals surface area (Å²) in [4.78, 5) is 24.8. The SMILES string of the molecule is Cc1nsc(C(=O)N2CCC(c3nc4c(s3)CCC4)CC2)n1. The van der Waals surface area contributed by atoms with E-state index in [0.717, 1.165) is 32.4 Å². The Morgan fingerprint density at radius 3 is 2.73 bits per heavy atom. The average Bonchev–Trinajstić information content (AvgIpc) is 3.22. The molecule has 0 unspecified atom stereocenters. The van der Waals surface area contributed by atoms with E-state index in [1.54, 1.807) is 0 Å². The van der Waals surface area contributed by atoms with Crippen LogP contribution in [0.2, 0.25) is 0 Å². The number of nitrogens with zero attached hydrogens (tertiary/aromatic N) is 4. The first kappa shape index (κ1) is 14.3. The van der Waals surface area contributed by atoms with Crippen LogP contribution in [0.15, 0.2) is 0 Å². The summed E-state index contributed by atoms with van der Waals surface area (Å²) in [6, 6.07) is 0. The number of hydrogen-bond donors (Lipinski definition) is 0. The van der Waals surface area contributed by atoms with Gasteiger partial charge >= 0.3 is 0 Å². The lowest BCUT2D eigenvalue weighted by atomic mass is 9.97. The number of fused-ring (bicyclic) bond motifs is 1. The van der Waals surface area contributed by atoms with Crippen molar-refractivity contribution in [2.75, 3.05) is 13.1 Å². The minimum Gasteiger partial charge on any atom is -0.336 e. The molecule has 2 aliphatic rings. The maximum atomic E-state index is 12.4. The van der Waals surface area contributed by atoms with Gasteiger partial charge in [-0.15, -0.1) is 11.3 Å². The summed E-state index contributed by atoms with van der Waals surface area (Å²) in [5.74, 6) is 1.24. The molecule has 22 heavy (non-hydrogen) atoms. The molecule has 4 rings (SSSR count). The van der Waals surface area contributed by atoms with Crippen LogP contribution in [0.5, 0.6) is 0 Å². The zero-order valence-corrected chi connectivity index (χ0v) is 14.2. The van der Waals surface area contributed by atoms with E-state index in [9.17, 15) is 4.79 Å². The second-order valence-electron chi connectivity index (χ2n) is 5.99. The van der Waals surface area contributed by atoms with Crippen molar-refractivity contribution >= 4 is 28.8 Å². The molecule has 3 heterocycles. The Balaban J connectivity index is 1.40. The van der Waals surface area contributed by atoms with Gasteiger partial charge in [0.25, 0.3) is 5.91 Å². The number of rotatable bonds is 2. The first-order valence-electron chi connectivity index (χ1n) is 7.79. The van der Waals surface area contributed by atoms with Crippen molar-refractivity contribution < 1.29 is 4.79 Å². The molecule has 2 aromatic rings. The van der Waals surface area contributed by atoms with Crippen LogP contribution in [-0.2, 0) is 12.8 Å². The van der Waals surface area contributed by atoms with Gasteiger partial charge in [-0.25, -0.2) is 9.97 Å². The Labute approximate surface area is 137 Å². The molecular formula is C15H18N4OS2. The predicted molar refractivity (Wildman–Crippen MR) is 86.7 cm³/mol. The molecule has 0 saturated carbocycles. The van der Waals surface area contributed by atoms with E-state index in [2.05, 4.69) is 9.36 Å². The van der Waals surface area contributed by atoms with Gasteiger partial charge in [-0.3, -0.25) is 4.79 Å². The second kappa shape index (κ2) is 5.70. The molecule has 0 aromatic carbocycles. The topological polar surface area (TPSA) is 59.0 Å². The molecule has 2 aromatic heterocycles. The van der Waals surface area contributed by atoms with Gasteiger partial charge in [0.05, 0.1) is 10.7 Å². The number of aryl methyl sites for hydroxylation is 3. The van der Waals surface area contributed by atoms with Gasteiger partial charge in [0.1, 0.15) is 5.82 Å². The molecule has 1 aliphatic carbocycles. The zero-order chi connectivity index (χ0) is 15.1. The number of amides is 1. The molecule has 116 valence electrons. The standard InChI is InChI=1S/C15H18N4OS2/c1-9-16-14(22-18-9)15(20)19-7-5-10(6-8-19)13-17-11-3-2-4-12(11)21-13/h10H,2-8H2,1H3. The minimum atomic E-state index is 0.0330. The first-order valence-corrected chi connectivity index (χ1v) is 9.38. The van der Waals surface area contributed by atoms with Crippen LogP contribution in [0.4, 0.5) is 0 Å². The summed E-state index contributed by atoms with van der Waals surface area (Å²) in [7, 11) is 0. The number of aromatic nitrogens is 3. The lowest BCUT2D eigenvalue weighted by molar-refractivity contribution is 0.0712. The largest absolute Gasteiger partial charge is 0.336 e. The van der Waals surface area contributed by atoms with E-state index in [0.29, 0.717) is 16.7 Å². The van der Waals surface area contributed by atoms with Crippen LogP contribution >= 0.6 is 22.9 Å². The second-order valence-corrected chi connectivity index (χ2v) is 7.86. The number of thiazole rings is 1. The first-order chi connectivity index (χ1) is 10.7. The van der Waals surface area contributed by atoms with Crippen LogP contribution in [0.3, 0.4) is 0 Å². The Morgan fingerprint density at radius 2 is 2.05 bits per heavy atom.